The van der Waals surface area contributed by atoms with Crippen LogP contribution in [0, 0.1) is 0 Å². The first-order valence-electron chi connectivity index (χ1n) is 7.48. The van der Waals surface area contributed by atoms with Crippen LogP contribution in [0.5, 0.6) is 17.2 Å². The fourth-order valence-electron chi connectivity index (χ4n) is 2.75. The number of hydrogen-bond donors (Lipinski definition) is 3. The molecule has 1 aromatic heterocycles. The largest absolute Gasteiger partial charge is 0.507 e. The van der Waals surface area contributed by atoms with Crippen LogP contribution >= 0.6 is 0 Å². The van der Waals surface area contributed by atoms with E-state index in [4.69, 9.17) is 4.74 Å². The molecule has 24 heavy (non-hydrogen) atoms. The molecule has 0 bridgehead atoms. The van der Waals surface area contributed by atoms with Crippen molar-refractivity contribution in [2.24, 2.45) is 0 Å². The van der Waals surface area contributed by atoms with Gasteiger partial charge < -0.3 is 9.84 Å². The van der Waals surface area contributed by atoms with Crippen LogP contribution < -0.4 is 10.3 Å². The number of phenolic OH excluding ortho intramolecular Hbond substituents is 1. The van der Waals surface area contributed by atoms with Crippen LogP contribution in [0.25, 0.3) is 22.0 Å². The second-order valence-electron chi connectivity index (χ2n) is 5.38. The van der Waals surface area contributed by atoms with Gasteiger partial charge in [-0.3, -0.25) is 15.0 Å². The van der Waals surface area contributed by atoms with Gasteiger partial charge in [0, 0.05) is 0 Å². The number of para-hydroxylation sites is 1. The van der Waals surface area contributed by atoms with E-state index >= 15 is 0 Å². The van der Waals surface area contributed by atoms with Gasteiger partial charge in [0.25, 0.3) is 0 Å². The van der Waals surface area contributed by atoms with Crippen LogP contribution in [0.1, 0.15) is 0 Å². The fourth-order valence-corrected chi connectivity index (χ4v) is 2.75. The lowest BCUT2D eigenvalue weighted by Crippen LogP contribution is -2.02. The van der Waals surface area contributed by atoms with Crippen molar-refractivity contribution in [1.82, 2.24) is 10.2 Å². The predicted molar refractivity (Wildman–Crippen MR) is 92.5 cm³/mol. The monoisotopic (exact) mass is 318 g/mol. The number of rotatable bonds is 3. The maximum Gasteiger partial charge on any atom is 0.307 e. The molecule has 4 aromatic rings. The molecule has 0 aliphatic carbocycles. The zero-order valence-corrected chi connectivity index (χ0v) is 12.6. The summed E-state index contributed by atoms with van der Waals surface area (Å²) < 4.78 is 5.75. The maximum atomic E-state index is 12.2. The summed E-state index contributed by atoms with van der Waals surface area (Å²) in [7, 11) is 0. The molecule has 3 N–H and O–H groups in total. The van der Waals surface area contributed by atoms with Gasteiger partial charge in [-0.1, -0.05) is 48.5 Å². The smallest absolute Gasteiger partial charge is 0.307 e. The molecule has 5 heteroatoms. The Morgan fingerprint density at radius 2 is 1.58 bits per heavy atom. The second kappa shape index (κ2) is 5.62. The summed E-state index contributed by atoms with van der Waals surface area (Å²) in [6.07, 6.45) is 0. The Bertz CT molecular complexity index is 1060. The topological polar surface area (TPSA) is 78.1 Å². The van der Waals surface area contributed by atoms with E-state index in [1.54, 1.807) is 18.2 Å². The van der Waals surface area contributed by atoms with Gasteiger partial charge in [0.15, 0.2) is 0 Å². The van der Waals surface area contributed by atoms with Gasteiger partial charge in [-0.2, -0.15) is 0 Å². The lowest BCUT2D eigenvalue weighted by molar-refractivity contribution is 0.471. The lowest BCUT2D eigenvalue weighted by Gasteiger charge is -2.10. The van der Waals surface area contributed by atoms with Crippen molar-refractivity contribution in [3.63, 3.8) is 0 Å². The quantitative estimate of drug-likeness (QED) is 0.534. The molecule has 5 nitrogen and oxygen atoms in total. The highest BCUT2D eigenvalue weighted by molar-refractivity contribution is 5.99. The van der Waals surface area contributed by atoms with E-state index in [1.165, 1.54) is 0 Å². The molecule has 0 unspecified atom stereocenters. The summed E-state index contributed by atoms with van der Waals surface area (Å²) in [5.41, 5.74) is 0.553. The van der Waals surface area contributed by atoms with Gasteiger partial charge in [0.1, 0.15) is 17.2 Å². The second-order valence-corrected chi connectivity index (χ2v) is 5.38. The number of aromatic amines is 2. The first-order chi connectivity index (χ1) is 11.7. The molecule has 0 aliphatic rings. The Balaban J connectivity index is 1.93. The van der Waals surface area contributed by atoms with Crippen molar-refractivity contribution in [3.05, 3.63) is 77.1 Å². The van der Waals surface area contributed by atoms with Crippen LogP contribution in [-0.4, -0.2) is 15.3 Å². The minimum absolute atomic E-state index is 0.0712. The van der Waals surface area contributed by atoms with E-state index < -0.39 is 0 Å². The Labute approximate surface area is 137 Å². The molecular weight excluding hydrogens is 304 g/mol. The van der Waals surface area contributed by atoms with Crippen LogP contribution in [0.4, 0.5) is 0 Å². The summed E-state index contributed by atoms with van der Waals surface area (Å²) in [5, 5.41) is 17.5. The number of benzene rings is 3. The Hall–Kier alpha value is -3.47. The van der Waals surface area contributed by atoms with Crippen molar-refractivity contribution < 1.29 is 9.84 Å². The molecule has 4 rings (SSSR count). The van der Waals surface area contributed by atoms with Gasteiger partial charge >= 0.3 is 5.56 Å². The number of nitrogens with one attached hydrogen (secondary N) is 2. The van der Waals surface area contributed by atoms with Crippen LogP contribution in [0.3, 0.4) is 0 Å². The number of hydrogen-bond acceptors (Lipinski definition) is 3. The minimum atomic E-state index is -0.388. The molecule has 3 aromatic carbocycles. The van der Waals surface area contributed by atoms with Crippen molar-refractivity contribution in [3.8, 4) is 28.5 Å². The van der Waals surface area contributed by atoms with E-state index in [2.05, 4.69) is 10.2 Å². The highest BCUT2D eigenvalue weighted by atomic mass is 16.5. The van der Waals surface area contributed by atoms with E-state index in [-0.39, 0.29) is 17.1 Å². The molecule has 0 radical (unpaired) electrons. The first-order valence-corrected chi connectivity index (χ1v) is 7.48. The molecule has 0 atom stereocenters. The zero-order chi connectivity index (χ0) is 16.5. The third-order valence-corrected chi connectivity index (χ3v) is 3.85. The molecule has 0 fully saturated rings. The first kappa shape index (κ1) is 14.1. The lowest BCUT2D eigenvalue weighted by atomic mass is 10.0. The number of aromatic nitrogens is 2. The van der Waals surface area contributed by atoms with Crippen LogP contribution in [0.2, 0.25) is 0 Å². The highest BCUT2D eigenvalue weighted by Gasteiger charge is 2.19. The fraction of sp³-hybridized carbons (Fsp3) is 0. The number of aromatic hydroxyl groups is 1. The van der Waals surface area contributed by atoms with E-state index in [0.717, 1.165) is 10.8 Å². The third kappa shape index (κ3) is 2.32. The number of H-pyrrole nitrogens is 2. The predicted octanol–water partition coefficient (Wildman–Crippen LogP) is 4.02. The molecule has 0 amide bonds. The Morgan fingerprint density at radius 3 is 2.42 bits per heavy atom. The van der Waals surface area contributed by atoms with E-state index in [1.807, 2.05) is 48.5 Å². The molecule has 0 saturated carbocycles. The normalized spacial score (nSPS) is 10.8. The van der Waals surface area contributed by atoms with Crippen LogP contribution in [-0.2, 0) is 0 Å². The number of fused-ring (bicyclic) bond motifs is 1. The highest BCUT2D eigenvalue weighted by Crippen LogP contribution is 2.39. The third-order valence-electron chi connectivity index (χ3n) is 3.85. The van der Waals surface area contributed by atoms with Gasteiger partial charge in [-0.15, -0.1) is 0 Å². The maximum absolute atomic E-state index is 12.2. The number of phenols is 1. The SMILES string of the molecule is O=c1[nH][nH]c(-c2c(O)ccc3ccccc23)c1Oc1ccccc1. The average molecular weight is 318 g/mol. The van der Waals surface area contributed by atoms with Crippen molar-refractivity contribution in [2.75, 3.05) is 0 Å². The van der Waals surface area contributed by atoms with Gasteiger partial charge in [0.2, 0.25) is 5.75 Å². The Kier molecular flexibility index (Phi) is 3.31. The molecular formula is C19H14N2O3. The summed E-state index contributed by atoms with van der Waals surface area (Å²) in [6.45, 7) is 0. The van der Waals surface area contributed by atoms with E-state index in [9.17, 15) is 9.90 Å². The molecule has 1 heterocycles. The summed E-state index contributed by atoms with van der Waals surface area (Å²) >= 11 is 0. The summed E-state index contributed by atoms with van der Waals surface area (Å²) in [4.78, 5) is 12.2. The van der Waals surface area contributed by atoms with Crippen molar-refractivity contribution >= 4 is 10.8 Å². The average Bonchev–Trinajstić information content (AvgIpc) is 2.96. The van der Waals surface area contributed by atoms with Crippen LogP contribution in [0.15, 0.2) is 71.5 Å². The van der Waals surface area contributed by atoms with E-state index in [0.29, 0.717) is 17.0 Å². The molecule has 0 aliphatic heterocycles. The summed E-state index contributed by atoms with van der Waals surface area (Å²) in [5.74, 6) is 0.735. The van der Waals surface area contributed by atoms with Crippen molar-refractivity contribution in [1.29, 1.82) is 0 Å². The Morgan fingerprint density at radius 1 is 0.833 bits per heavy atom. The number of ether oxygens (including phenoxy) is 1. The van der Waals surface area contributed by atoms with Gasteiger partial charge in [-0.05, 0) is 29.0 Å². The standard InChI is InChI=1S/C19H14N2O3/c22-15-11-10-12-6-4-5-9-14(12)16(15)17-18(19(23)21-20-17)24-13-7-2-1-3-8-13/h1-11,22H,(H2,20,21,23). The van der Waals surface area contributed by atoms with Crippen molar-refractivity contribution in [2.45, 2.75) is 0 Å². The molecule has 118 valence electrons. The zero-order valence-electron chi connectivity index (χ0n) is 12.6. The minimum Gasteiger partial charge on any atom is -0.507 e. The summed E-state index contributed by atoms with van der Waals surface area (Å²) in [6, 6.07) is 20.1. The molecule has 0 spiro atoms. The van der Waals surface area contributed by atoms with Gasteiger partial charge in [-0.25, -0.2) is 0 Å². The van der Waals surface area contributed by atoms with Gasteiger partial charge in [0.05, 0.1) is 5.56 Å². The molecule has 0 saturated heterocycles.